The number of rotatable bonds is 5. The minimum Gasteiger partial charge on any atom is -0.322 e. The van der Waals surface area contributed by atoms with Gasteiger partial charge in [0.2, 0.25) is 10.0 Å². The predicted octanol–water partition coefficient (Wildman–Crippen LogP) is 4.41. The molecule has 1 aliphatic heterocycles. The fourth-order valence-corrected chi connectivity index (χ4v) is 6.55. The van der Waals surface area contributed by atoms with Crippen LogP contribution in [0.5, 0.6) is 0 Å². The Bertz CT molecular complexity index is 1340. The lowest BCUT2D eigenvalue weighted by molar-refractivity contribution is 0.102. The van der Waals surface area contributed by atoms with E-state index in [0.717, 1.165) is 34.4 Å². The third kappa shape index (κ3) is 4.34. The number of aryl methyl sites for hydroxylation is 1. The molecule has 2 heterocycles. The molecule has 32 heavy (non-hydrogen) atoms. The van der Waals surface area contributed by atoms with Crippen molar-refractivity contribution in [2.24, 2.45) is 5.92 Å². The van der Waals surface area contributed by atoms with Gasteiger partial charge >= 0.3 is 4.87 Å². The largest absolute Gasteiger partial charge is 0.322 e. The highest BCUT2D eigenvalue weighted by Gasteiger charge is 2.29. The van der Waals surface area contributed by atoms with Crippen LogP contribution in [0.1, 0.15) is 37.0 Å². The van der Waals surface area contributed by atoms with E-state index in [1.807, 2.05) is 6.92 Å². The summed E-state index contributed by atoms with van der Waals surface area (Å²) < 4.78 is 30.0. The third-order valence-corrected chi connectivity index (χ3v) is 8.97. The quantitative estimate of drug-likeness (QED) is 0.570. The summed E-state index contributed by atoms with van der Waals surface area (Å²) in [6, 6.07) is 9.42. The SMILES string of the molecule is CCn1c(=O)sc2cc(NC(=O)c3cc(S(=O)(=O)N4CCC(C)CC4)ccc3Cl)ccc21. The van der Waals surface area contributed by atoms with Crippen LogP contribution in [0.15, 0.2) is 46.1 Å². The molecule has 170 valence electrons. The number of carbonyl (C=O) groups excluding carboxylic acids is 1. The molecule has 1 aliphatic rings. The zero-order chi connectivity index (χ0) is 23.0. The van der Waals surface area contributed by atoms with Crippen LogP contribution in [0, 0.1) is 5.92 Å². The van der Waals surface area contributed by atoms with Gasteiger partial charge in [0.25, 0.3) is 5.91 Å². The van der Waals surface area contributed by atoms with E-state index in [9.17, 15) is 18.0 Å². The second-order valence-electron chi connectivity index (χ2n) is 7.98. The molecule has 3 aromatic rings. The van der Waals surface area contributed by atoms with E-state index < -0.39 is 15.9 Å². The molecule has 0 spiro atoms. The number of sulfonamides is 1. The summed E-state index contributed by atoms with van der Waals surface area (Å²) in [5, 5.41) is 2.93. The van der Waals surface area contributed by atoms with Crippen molar-refractivity contribution in [3.63, 3.8) is 0 Å². The van der Waals surface area contributed by atoms with Crippen LogP contribution in [-0.4, -0.2) is 36.3 Å². The van der Waals surface area contributed by atoms with E-state index in [1.54, 1.807) is 22.8 Å². The molecule has 0 unspecified atom stereocenters. The van der Waals surface area contributed by atoms with Crippen LogP contribution >= 0.6 is 22.9 Å². The summed E-state index contributed by atoms with van der Waals surface area (Å²) in [7, 11) is -3.71. The monoisotopic (exact) mass is 493 g/mol. The van der Waals surface area contributed by atoms with Crippen molar-refractivity contribution in [1.29, 1.82) is 0 Å². The molecule has 1 fully saturated rings. The zero-order valence-corrected chi connectivity index (χ0v) is 20.2. The number of hydrogen-bond acceptors (Lipinski definition) is 5. The Kier molecular flexibility index (Phi) is 6.44. The number of thiazole rings is 1. The molecule has 0 atom stereocenters. The molecular weight excluding hydrogens is 470 g/mol. The normalized spacial score (nSPS) is 15.8. The number of benzene rings is 2. The van der Waals surface area contributed by atoms with Gasteiger partial charge in [0, 0.05) is 25.3 Å². The van der Waals surface area contributed by atoms with E-state index >= 15 is 0 Å². The maximum absolute atomic E-state index is 13.1. The zero-order valence-electron chi connectivity index (χ0n) is 17.8. The first kappa shape index (κ1) is 23.0. The lowest BCUT2D eigenvalue weighted by Gasteiger charge is -2.29. The minimum absolute atomic E-state index is 0.0512. The van der Waals surface area contributed by atoms with Gasteiger partial charge in [-0.05, 0) is 62.1 Å². The second kappa shape index (κ2) is 8.97. The number of piperidine rings is 1. The van der Waals surface area contributed by atoms with E-state index in [1.165, 1.54) is 22.5 Å². The van der Waals surface area contributed by atoms with E-state index in [-0.39, 0.29) is 20.4 Å². The van der Waals surface area contributed by atoms with E-state index in [0.29, 0.717) is 31.2 Å². The molecule has 0 radical (unpaired) electrons. The molecule has 1 aromatic heterocycles. The highest BCUT2D eigenvalue weighted by molar-refractivity contribution is 7.89. The number of carbonyl (C=O) groups is 1. The van der Waals surface area contributed by atoms with Gasteiger partial charge in [0.1, 0.15) is 0 Å². The van der Waals surface area contributed by atoms with Crippen molar-refractivity contribution in [3.8, 4) is 0 Å². The number of amides is 1. The van der Waals surface area contributed by atoms with Crippen molar-refractivity contribution in [2.75, 3.05) is 18.4 Å². The Morgan fingerprint density at radius 3 is 2.59 bits per heavy atom. The maximum Gasteiger partial charge on any atom is 0.308 e. The Morgan fingerprint density at radius 2 is 1.91 bits per heavy atom. The third-order valence-electron chi connectivity index (χ3n) is 5.81. The molecule has 2 aromatic carbocycles. The summed E-state index contributed by atoms with van der Waals surface area (Å²) in [6.45, 7) is 5.51. The van der Waals surface area contributed by atoms with Crippen molar-refractivity contribution >= 4 is 54.8 Å². The molecule has 10 heteroatoms. The van der Waals surface area contributed by atoms with Gasteiger partial charge < -0.3 is 5.32 Å². The van der Waals surface area contributed by atoms with Crippen molar-refractivity contribution < 1.29 is 13.2 Å². The van der Waals surface area contributed by atoms with Crippen LogP contribution in [0.4, 0.5) is 5.69 Å². The Balaban J connectivity index is 1.60. The summed E-state index contributed by atoms with van der Waals surface area (Å²) in [6.07, 6.45) is 1.63. The Morgan fingerprint density at radius 1 is 1.19 bits per heavy atom. The average Bonchev–Trinajstić information content (AvgIpc) is 3.08. The number of hydrogen-bond donors (Lipinski definition) is 1. The van der Waals surface area contributed by atoms with Gasteiger partial charge in [-0.3, -0.25) is 14.2 Å². The molecule has 1 amide bonds. The van der Waals surface area contributed by atoms with Crippen LogP contribution < -0.4 is 10.2 Å². The lowest BCUT2D eigenvalue weighted by Crippen LogP contribution is -2.37. The first-order valence-electron chi connectivity index (χ1n) is 10.4. The minimum atomic E-state index is -3.71. The fourth-order valence-electron chi connectivity index (χ4n) is 3.86. The lowest BCUT2D eigenvalue weighted by atomic mass is 10.0. The summed E-state index contributed by atoms with van der Waals surface area (Å²) in [4.78, 5) is 25.0. The number of halogens is 1. The Labute approximate surface area is 195 Å². The van der Waals surface area contributed by atoms with Crippen LogP contribution in [0.3, 0.4) is 0 Å². The standard InChI is InChI=1S/C22H24ClN3O4S2/c1-3-26-19-7-4-15(12-20(19)31-22(26)28)24-21(27)17-13-16(5-6-18(17)23)32(29,30)25-10-8-14(2)9-11-25/h4-7,12-14H,3,8-11H2,1-2H3,(H,24,27). The summed E-state index contributed by atoms with van der Waals surface area (Å²) >= 11 is 7.35. The van der Waals surface area contributed by atoms with Gasteiger partial charge in [0.15, 0.2) is 0 Å². The molecule has 1 saturated heterocycles. The number of nitrogens with one attached hydrogen (secondary N) is 1. The molecular formula is C22H24ClN3O4S2. The van der Waals surface area contributed by atoms with Gasteiger partial charge in [-0.2, -0.15) is 4.31 Å². The maximum atomic E-state index is 13.1. The molecule has 0 saturated carbocycles. The molecule has 0 aliphatic carbocycles. The van der Waals surface area contributed by atoms with Gasteiger partial charge in [-0.1, -0.05) is 29.9 Å². The second-order valence-corrected chi connectivity index (χ2v) is 11.3. The van der Waals surface area contributed by atoms with Crippen LogP contribution in [0.2, 0.25) is 5.02 Å². The van der Waals surface area contributed by atoms with Crippen molar-refractivity contribution in [2.45, 2.75) is 38.1 Å². The molecule has 0 bridgehead atoms. The fraction of sp³-hybridized carbons (Fsp3) is 0.364. The molecule has 7 nitrogen and oxygen atoms in total. The predicted molar refractivity (Wildman–Crippen MR) is 128 cm³/mol. The number of aromatic nitrogens is 1. The Hall–Kier alpha value is -2.20. The van der Waals surface area contributed by atoms with Gasteiger partial charge in [-0.15, -0.1) is 0 Å². The highest BCUT2D eigenvalue weighted by Crippen LogP contribution is 2.28. The van der Waals surface area contributed by atoms with E-state index in [2.05, 4.69) is 12.2 Å². The van der Waals surface area contributed by atoms with Crippen LogP contribution in [0.25, 0.3) is 10.2 Å². The van der Waals surface area contributed by atoms with Gasteiger partial charge in [0.05, 0.1) is 25.7 Å². The number of nitrogens with zero attached hydrogens (tertiary/aromatic N) is 2. The smallest absolute Gasteiger partial charge is 0.308 e. The first-order chi connectivity index (χ1) is 15.2. The first-order valence-corrected chi connectivity index (χ1v) is 13.1. The molecule has 1 N–H and O–H groups in total. The van der Waals surface area contributed by atoms with Crippen molar-refractivity contribution in [3.05, 3.63) is 56.7 Å². The van der Waals surface area contributed by atoms with Gasteiger partial charge in [-0.25, -0.2) is 8.42 Å². The summed E-state index contributed by atoms with van der Waals surface area (Å²) in [5.41, 5.74) is 1.39. The van der Waals surface area contributed by atoms with E-state index in [4.69, 9.17) is 11.6 Å². The summed E-state index contributed by atoms with van der Waals surface area (Å²) in [5.74, 6) is -0.0147. The van der Waals surface area contributed by atoms with Crippen LogP contribution in [-0.2, 0) is 16.6 Å². The number of fused-ring (bicyclic) bond motifs is 1. The topological polar surface area (TPSA) is 88.5 Å². The van der Waals surface area contributed by atoms with Crippen molar-refractivity contribution in [1.82, 2.24) is 8.87 Å². The number of anilines is 1. The molecule has 4 rings (SSSR count). The highest BCUT2D eigenvalue weighted by atomic mass is 35.5. The average molecular weight is 494 g/mol.